The van der Waals surface area contributed by atoms with Crippen LogP contribution >= 0.6 is 0 Å². The second kappa shape index (κ2) is 4.58. The highest BCUT2D eigenvalue weighted by Crippen LogP contribution is 2.26. The van der Waals surface area contributed by atoms with Gasteiger partial charge in [-0.05, 0) is 24.2 Å². The fraction of sp³-hybridized carbons (Fsp3) is 0.818. The average Bonchev–Trinajstić information content (AvgIpc) is 1.81. The van der Waals surface area contributed by atoms with Crippen molar-refractivity contribution >= 4 is 0 Å². The Morgan fingerprint density at radius 2 is 1.82 bits per heavy atom. The van der Waals surface area contributed by atoms with E-state index in [4.69, 9.17) is 0 Å². The molecule has 0 N–H and O–H groups in total. The van der Waals surface area contributed by atoms with Crippen molar-refractivity contribution < 1.29 is 0 Å². The molecule has 0 spiro atoms. The van der Waals surface area contributed by atoms with Gasteiger partial charge in [0.25, 0.3) is 0 Å². The fourth-order valence-corrected chi connectivity index (χ4v) is 1.56. The van der Waals surface area contributed by atoms with E-state index in [0.29, 0.717) is 5.41 Å². The largest absolute Gasteiger partial charge is 0.0883 e. The highest BCUT2D eigenvalue weighted by Gasteiger charge is 2.14. The smallest absolute Gasteiger partial charge is 0.0172 e. The second-order valence-electron chi connectivity index (χ2n) is 4.40. The molecule has 0 bridgehead atoms. The first-order valence-electron chi connectivity index (χ1n) is 4.65. The van der Waals surface area contributed by atoms with Gasteiger partial charge in [-0.25, -0.2) is 0 Å². The molecule has 0 aromatic carbocycles. The van der Waals surface area contributed by atoms with E-state index in [9.17, 15) is 0 Å². The SMILES string of the molecule is CCC=CC(C)(C)CC(C)C. The minimum atomic E-state index is 0.393. The van der Waals surface area contributed by atoms with E-state index in [1.54, 1.807) is 0 Å². The van der Waals surface area contributed by atoms with Crippen LogP contribution in [0.1, 0.15) is 47.5 Å². The molecule has 66 valence electrons. The summed E-state index contributed by atoms with van der Waals surface area (Å²) in [6.07, 6.45) is 7.04. The zero-order chi connectivity index (χ0) is 8.91. The third-order valence-electron chi connectivity index (χ3n) is 1.74. The van der Waals surface area contributed by atoms with Crippen molar-refractivity contribution in [2.24, 2.45) is 11.3 Å². The van der Waals surface area contributed by atoms with Crippen molar-refractivity contribution in [1.29, 1.82) is 0 Å². The second-order valence-corrected chi connectivity index (χ2v) is 4.40. The van der Waals surface area contributed by atoms with Gasteiger partial charge in [-0.15, -0.1) is 0 Å². The predicted molar refractivity (Wildman–Crippen MR) is 52.7 cm³/mol. The van der Waals surface area contributed by atoms with Gasteiger partial charge in [-0.2, -0.15) is 0 Å². The first-order valence-corrected chi connectivity index (χ1v) is 4.65. The Morgan fingerprint density at radius 3 is 2.18 bits per heavy atom. The molecule has 11 heavy (non-hydrogen) atoms. The van der Waals surface area contributed by atoms with Gasteiger partial charge >= 0.3 is 0 Å². The molecule has 0 saturated carbocycles. The van der Waals surface area contributed by atoms with Crippen LogP contribution in [0.15, 0.2) is 12.2 Å². The van der Waals surface area contributed by atoms with Gasteiger partial charge in [0.2, 0.25) is 0 Å². The van der Waals surface area contributed by atoms with Crippen molar-refractivity contribution in [3.8, 4) is 0 Å². The lowest BCUT2D eigenvalue weighted by atomic mass is 9.83. The summed E-state index contributed by atoms with van der Waals surface area (Å²) in [6, 6.07) is 0. The van der Waals surface area contributed by atoms with Crippen LogP contribution in [0.25, 0.3) is 0 Å². The molecule has 0 amide bonds. The van der Waals surface area contributed by atoms with Gasteiger partial charge in [0.1, 0.15) is 0 Å². The van der Waals surface area contributed by atoms with Crippen LogP contribution < -0.4 is 0 Å². The molecule has 0 aliphatic rings. The first kappa shape index (κ1) is 10.7. The minimum absolute atomic E-state index is 0.393. The number of rotatable bonds is 4. The first-order chi connectivity index (χ1) is 4.98. The highest BCUT2D eigenvalue weighted by molar-refractivity contribution is 4.94. The van der Waals surface area contributed by atoms with E-state index < -0.39 is 0 Å². The number of allylic oxidation sites excluding steroid dienone is 2. The van der Waals surface area contributed by atoms with Crippen molar-refractivity contribution in [3.05, 3.63) is 12.2 Å². The van der Waals surface area contributed by atoms with Crippen molar-refractivity contribution in [2.45, 2.75) is 47.5 Å². The zero-order valence-electron chi connectivity index (χ0n) is 8.65. The Kier molecular flexibility index (Phi) is 4.48. The molecule has 0 fully saturated rings. The predicted octanol–water partition coefficient (Wildman–Crippen LogP) is 4.02. The van der Waals surface area contributed by atoms with Gasteiger partial charge in [-0.1, -0.05) is 46.8 Å². The Bertz CT molecular complexity index is 118. The summed E-state index contributed by atoms with van der Waals surface area (Å²) < 4.78 is 0. The van der Waals surface area contributed by atoms with Crippen molar-refractivity contribution in [3.63, 3.8) is 0 Å². The van der Waals surface area contributed by atoms with Gasteiger partial charge in [0.15, 0.2) is 0 Å². The van der Waals surface area contributed by atoms with Crippen LogP contribution in [-0.4, -0.2) is 0 Å². The van der Waals surface area contributed by atoms with E-state index in [1.807, 2.05) is 0 Å². The normalized spacial score (nSPS) is 13.3. The van der Waals surface area contributed by atoms with Crippen LogP contribution in [-0.2, 0) is 0 Å². The Morgan fingerprint density at radius 1 is 1.27 bits per heavy atom. The summed E-state index contributed by atoms with van der Waals surface area (Å²) in [4.78, 5) is 0. The molecule has 0 rings (SSSR count). The number of hydrogen-bond acceptors (Lipinski definition) is 0. The quantitative estimate of drug-likeness (QED) is 0.536. The van der Waals surface area contributed by atoms with E-state index >= 15 is 0 Å². The molecule has 0 radical (unpaired) electrons. The maximum atomic E-state index is 2.34. The Labute approximate surface area is 71.7 Å². The molecular weight excluding hydrogens is 132 g/mol. The summed E-state index contributed by atoms with van der Waals surface area (Å²) in [7, 11) is 0. The molecule has 0 aromatic heterocycles. The third kappa shape index (κ3) is 6.15. The summed E-state index contributed by atoms with van der Waals surface area (Å²) in [6.45, 7) is 11.4. The lowest BCUT2D eigenvalue weighted by molar-refractivity contribution is 0.365. The lowest BCUT2D eigenvalue weighted by Crippen LogP contribution is -2.10. The molecule has 0 aromatic rings. The van der Waals surface area contributed by atoms with E-state index in [2.05, 4.69) is 46.8 Å². The molecule has 0 aliphatic carbocycles. The Balaban J connectivity index is 3.89. The van der Waals surface area contributed by atoms with E-state index in [1.165, 1.54) is 6.42 Å². The molecule has 0 unspecified atom stereocenters. The van der Waals surface area contributed by atoms with Crippen LogP contribution in [0.3, 0.4) is 0 Å². The van der Waals surface area contributed by atoms with Gasteiger partial charge in [0.05, 0.1) is 0 Å². The standard InChI is InChI=1S/C11H22/c1-6-7-8-11(4,5)9-10(2)3/h7-8,10H,6,9H2,1-5H3. The zero-order valence-corrected chi connectivity index (χ0v) is 8.65. The maximum Gasteiger partial charge on any atom is -0.0172 e. The van der Waals surface area contributed by atoms with Crippen LogP contribution in [0, 0.1) is 11.3 Å². The lowest BCUT2D eigenvalue weighted by Gasteiger charge is -2.22. The summed E-state index contributed by atoms with van der Waals surface area (Å²) in [5.74, 6) is 0.798. The van der Waals surface area contributed by atoms with Gasteiger partial charge < -0.3 is 0 Å². The molecule has 0 aliphatic heterocycles. The summed E-state index contributed by atoms with van der Waals surface area (Å²) >= 11 is 0. The Hall–Kier alpha value is -0.260. The van der Waals surface area contributed by atoms with Gasteiger partial charge in [-0.3, -0.25) is 0 Å². The molecular formula is C11H22. The van der Waals surface area contributed by atoms with E-state index in [-0.39, 0.29) is 0 Å². The molecule has 0 saturated heterocycles. The van der Waals surface area contributed by atoms with E-state index in [0.717, 1.165) is 12.3 Å². The summed E-state index contributed by atoms with van der Waals surface area (Å²) in [5.41, 5.74) is 0.393. The van der Waals surface area contributed by atoms with Crippen LogP contribution in [0.4, 0.5) is 0 Å². The van der Waals surface area contributed by atoms with Crippen LogP contribution in [0.5, 0.6) is 0 Å². The monoisotopic (exact) mass is 154 g/mol. The molecule has 0 atom stereocenters. The van der Waals surface area contributed by atoms with Crippen molar-refractivity contribution in [2.75, 3.05) is 0 Å². The minimum Gasteiger partial charge on any atom is -0.0883 e. The third-order valence-corrected chi connectivity index (χ3v) is 1.74. The summed E-state index contributed by atoms with van der Waals surface area (Å²) in [5, 5.41) is 0. The molecule has 0 heteroatoms. The molecule has 0 heterocycles. The average molecular weight is 154 g/mol. The number of hydrogen-bond donors (Lipinski definition) is 0. The fourth-order valence-electron chi connectivity index (χ4n) is 1.56. The molecule has 0 nitrogen and oxygen atoms in total. The van der Waals surface area contributed by atoms with Crippen molar-refractivity contribution in [1.82, 2.24) is 0 Å². The van der Waals surface area contributed by atoms with Gasteiger partial charge in [0, 0.05) is 0 Å². The topological polar surface area (TPSA) is 0 Å². The van der Waals surface area contributed by atoms with Crippen LogP contribution in [0.2, 0.25) is 0 Å². The highest BCUT2D eigenvalue weighted by atomic mass is 14.2. The maximum absolute atomic E-state index is 2.34.